The number of fused-ring (bicyclic) bond motifs is 1. The molecule has 0 bridgehead atoms. The molecule has 0 fully saturated rings. The summed E-state index contributed by atoms with van der Waals surface area (Å²) in [5, 5.41) is 0.904. The van der Waals surface area contributed by atoms with Crippen LogP contribution in [0.4, 0.5) is 4.39 Å². The summed E-state index contributed by atoms with van der Waals surface area (Å²) >= 11 is 0. The van der Waals surface area contributed by atoms with E-state index in [1.807, 2.05) is 22.9 Å². The number of carbonyl (C=O) groups excluding carboxylic acids is 1. The number of hydrogen-bond donors (Lipinski definition) is 0. The summed E-state index contributed by atoms with van der Waals surface area (Å²) in [4.78, 5) is 12.5. The first kappa shape index (κ1) is 16.1. The van der Waals surface area contributed by atoms with E-state index in [9.17, 15) is 9.18 Å². The zero-order valence-electron chi connectivity index (χ0n) is 13.8. The van der Waals surface area contributed by atoms with Crippen molar-refractivity contribution in [2.75, 3.05) is 14.2 Å². The number of benzene rings is 2. The number of aryl methyl sites for hydroxylation is 1. The van der Waals surface area contributed by atoms with E-state index in [1.54, 1.807) is 33.3 Å². The van der Waals surface area contributed by atoms with Gasteiger partial charge in [0.05, 0.1) is 26.3 Å². The molecule has 0 aliphatic rings. The first-order valence-corrected chi connectivity index (χ1v) is 7.53. The van der Waals surface area contributed by atoms with Crippen molar-refractivity contribution in [3.63, 3.8) is 0 Å². The van der Waals surface area contributed by atoms with Crippen LogP contribution in [0.5, 0.6) is 11.5 Å². The molecule has 0 saturated heterocycles. The van der Waals surface area contributed by atoms with Gasteiger partial charge in [0.2, 0.25) is 0 Å². The lowest BCUT2D eigenvalue weighted by Crippen LogP contribution is -2.10. The number of rotatable bonds is 5. The third kappa shape index (κ3) is 2.85. The summed E-state index contributed by atoms with van der Waals surface area (Å²) in [6.45, 7) is 1.80. The molecule has 0 N–H and O–H groups in total. The quantitative estimate of drug-likeness (QED) is 0.665. The Morgan fingerprint density at radius 2 is 1.92 bits per heavy atom. The number of halogens is 1. The van der Waals surface area contributed by atoms with Gasteiger partial charge in [-0.1, -0.05) is 0 Å². The number of ketones is 1. The fourth-order valence-electron chi connectivity index (χ4n) is 2.73. The molecule has 0 unspecified atom stereocenters. The van der Waals surface area contributed by atoms with E-state index in [1.165, 1.54) is 12.1 Å². The number of nitrogens with zero attached hydrogens (tertiary/aromatic N) is 1. The topological polar surface area (TPSA) is 40.5 Å². The highest BCUT2D eigenvalue weighted by atomic mass is 19.1. The second kappa shape index (κ2) is 6.35. The second-order valence-electron chi connectivity index (χ2n) is 5.59. The zero-order chi connectivity index (χ0) is 17.3. The molecule has 1 heterocycles. The average Bonchev–Trinajstić information content (AvgIpc) is 2.99. The van der Waals surface area contributed by atoms with Crippen LogP contribution in [-0.2, 0) is 6.54 Å². The standard InChI is InChI=1S/C19H18FNO3/c1-12-8-13(4-5-16(12)20)18(22)11-21-7-6-15-17(21)9-14(23-2)10-19(15)24-3/h4-10H,11H2,1-3H3. The minimum atomic E-state index is -0.313. The van der Waals surface area contributed by atoms with Crippen LogP contribution in [-0.4, -0.2) is 24.6 Å². The first-order chi connectivity index (χ1) is 11.5. The Balaban J connectivity index is 1.97. The van der Waals surface area contributed by atoms with Crippen molar-refractivity contribution in [2.45, 2.75) is 13.5 Å². The molecule has 0 atom stereocenters. The van der Waals surface area contributed by atoms with Gasteiger partial charge in [-0.15, -0.1) is 0 Å². The molecule has 0 aliphatic carbocycles. The minimum absolute atomic E-state index is 0.0858. The highest BCUT2D eigenvalue weighted by Gasteiger charge is 2.13. The minimum Gasteiger partial charge on any atom is -0.497 e. The first-order valence-electron chi connectivity index (χ1n) is 7.53. The van der Waals surface area contributed by atoms with Crippen molar-refractivity contribution < 1.29 is 18.7 Å². The SMILES string of the molecule is COc1cc(OC)c2ccn(CC(=O)c3ccc(F)c(C)c3)c2c1. The number of carbonyl (C=O) groups is 1. The molecule has 4 nitrogen and oxygen atoms in total. The summed E-state index contributed by atoms with van der Waals surface area (Å²) in [7, 11) is 3.18. The molecule has 0 spiro atoms. The molecular formula is C19H18FNO3. The summed E-state index contributed by atoms with van der Waals surface area (Å²) in [5.74, 6) is 0.947. The predicted octanol–water partition coefficient (Wildman–Crippen LogP) is 3.99. The van der Waals surface area contributed by atoms with E-state index in [0.29, 0.717) is 22.6 Å². The lowest BCUT2D eigenvalue weighted by Gasteiger charge is -2.09. The number of methoxy groups -OCH3 is 2. The van der Waals surface area contributed by atoms with Crippen molar-refractivity contribution in [2.24, 2.45) is 0 Å². The lowest BCUT2D eigenvalue weighted by atomic mass is 10.1. The van der Waals surface area contributed by atoms with Crippen molar-refractivity contribution in [3.05, 3.63) is 59.5 Å². The van der Waals surface area contributed by atoms with Crippen LogP contribution in [0.1, 0.15) is 15.9 Å². The van der Waals surface area contributed by atoms with E-state index in [4.69, 9.17) is 9.47 Å². The van der Waals surface area contributed by atoms with Gasteiger partial charge in [-0.2, -0.15) is 0 Å². The summed E-state index contributed by atoms with van der Waals surface area (Å²) in [6.07, 6.45) is 1.83. The van der Waals surface area contributed by atoms with E-state index < -0.39 is 0 Å². The Hall–Kier alpha value is -2.82. The van der Waals surface area contributed by atoms with Crippen molar-refractivity contribution in [3.8, 4) is 11.5 Å². The molecule has 0 amide bonds. The van der Waals surface area contributed by atoms with Gasteiger partial charge < -0.3 is 14.0 Å². The van der Waals surface area contributed by atoms with E-state index in [2.05, 4.69) is 0 Å². The third-order valence-electron chi connectivity index (χ3n) is 4.07. The smallest absolute Gasteiger partial charge is 0.182 e. The molecule has 0 aliphatic heterocycles. The Bertz CT molecular complexity index is 914. The molecule has 5 heteroatoms. The molecule has 3 aromatic rings. The van der Waals surface area contributed by atoms with Gasteiger partial charge in [0, 0.05) is 29.3 Å². The van der Waals surface area contributed by atoms with Gasteiger partial charge in [-0.3, -0.25) is 4.79 Å². The van der Waals surface area contributed by atoms with Gasteiger partial charge in [-0.25, -0.2) is 4.39 Å². The monoisotopic (exact) mass is 327 g/mol. The Labute approximate surface area is 139 Å². The van der Waals surface area contributed by atoms with Crippen LogP contribution in [0.15, 0.2) is 42.6 Å². The van der Waals surface area contributed by atoms with Crippen LogP contribution in [0.25, 0.3) is 10.9 Å². The van der Waals surface area contributed by atoms with E-state index in [0.717, 1.165) is 10.9 Å². The number of ether oxygens (including phenoxy) is 2. The van der Waals surface area contributed by atoms with Crippen LogP contribution < -0.4 is 9.47 Å². The van der Waals surface area contributed by atoms with Crippen LogP contribution in [0.3, 0.4) is 0 Å². The van der Waals surface area contributed by atoms with Gasteiger partial charge in [0.25, 0.3) is 0 Å². The molecule has 0 saturated carbocycles. The van der Waals surface area contributed by atoms with E-state index >= 15 is 0 Å². The number of hydrogen-bond acceptors (Lipinski definition) is 3. The Morgan fingerprint density at radius 3 is 2.58 bits per heavy atom. The molecule has 24 heavy (non-hydrogen) atoms. The van der Waals surface area contributed by atoms with Gasteiger partial charge in [-0.05, 0) is 36.8 Å². The van der Waals surface area contributed by atoms with Crippen LogP contribution in [0.2, 0.25) is 0 Å². The molecular weight excluding hydrogens is 309 g/mol. The highest BCUT2D eigenvalue weighted by molar-refractivity contribution is 5.97. The lowest BCUT2D eigenvalue weighted by molar-refractivity contribution is 0.0973. The number of aromatic nitrogens is 1. The molecule has 3 rings (SSSR count). The Morgan fingerprint density at radius 1 is 1.12 bits per heavy atom. The largest absolute Gasteiger partial charge is 0.497 e. The van der Waals surface area contributed by atoms with Crippen molar-refractivity contribution in [1.29, 1.82) is 0 Å². The van der Waals surface area contributed by atoms with Gasteiger partial charge >= 0.3 is 0 Å². The highest BCUT2D eigenvalue weighted by Crippen LogP contribution is 2.32. The fraction of sp³-hybridized carbons (Fsp3) is 0.211. The van der Waals surface area contributed by atoms with Gasteiger partial charge in [0.15, 0.2) is 5.78 Å². The zero-order valence-corrected chi connectivity index (χ0v) is 13.8. The van der Waals surface area contributed by atoms with E-state index in [-0.39, 0.29) is 18.1 Å². The summed E-state index contributed by atoms with van der Waals surface area (Å²) in [6, 6.07) is 9.97. The number of Topliss-reactive ketones (excluding diaryl/α,β-unsaturated/α-hetero) is 1. The van der Waals surface area contributed by atoms with Crippen molar-refractivity contribution in [1.82, 2.24) is 4.57 Å². The Kier molecular flexibility index (Phi) is 4.25. The normalized spacial score (nSPS) is 10.8. The van der Waals surface area contributed by atoms with Gasteiger partial charge in [0.1, 0.15) is 17.3 Å². The second-order valence-corrected chi connectivity index (χ2v) is 5.59. The maximum Gasteiger partial charge on any atom is 0.182 e. The summed E-state index contributed by atoms with van der Waals surface area (Å²) < 4.78 is 25.9. The average molecular weight is 327 g/mol. The molecule has 1 aromatic heterocycles. The molecule has 0 radical (unpaired) electrons. The summed E-state index contributed by atoms with van der Waals surface area (Å²) in [5.41, 5.74) is 1.80. The maximum absolute atomic E-state index is 13.4. The third-order valence-corrected chi connectivity index (χ3v) is 4.07. The van der Waals surface area contributed by atoms with Crippen LogP contribution in [0, 0.1) is 12.7 Å². The van der Waals surface area contributed by atoms with Crippen molar-refractivity contribution >= 4 is 16.7 Å². The molecule has 2 aromatic carbocycles. The molecule has 124 valence electrons. The fourth-order valence-corrected chi connectivity index (χ4v) is 2.73. The predicted molar refractivity (Wildman–Crippen MR) is 90.5 cm³/mol. The van der Waals surface area contributed by atoms with Crippen LogP contribution >= 0.6 is 0 Å². The maximum atomic E-state index is 13.4.